The maximum atomic E-state index is 12.7. The summed E-state index contributed by atoms with van der Waals surface area (Å²) in [5, 5.41) is 10.3. The highest BCUT2D eigenvalue weighted by atomic mass is 19.3. The van der Waals surface area contributed by atoms with Gasteiger partial charge in [0.05, 0.1) is 5.69 Å². The van der Waals surface area contributed by atoms with E-state index in [-0.39, 0.29) is 11.4 Å². The van der Waals surface area contributed by atoms with Crippen molar-refractivity contribution in [1.29, 1.82) is 0 Å². The standard InChI is InChI=1S/C13H12F2N6O/c1-7-6-10(19-21(7)13(14)15)12(22)17-9-4-3-5-20-11(9)16-8(2)18-20/h3-6,13H,1-2H3,(H,17,22). The number of hydrogen-bond acceptors (Lipinski definition) is 4. The Morgan fingerprint density at radius 3 is 2.77 bits per heavy atom. The molecule has 0 atom stereocenters. The van der Waals surface area contributed by atoms with Crippen LogP contribution in [0.3, 0.4) is 0 Å². The fourth-order valence-corrected chi connectivity index (χ4v) is 2.09. The zero-order valence-electron chi connectivity index (χ0n) is 11.8. The lowest BCUT2D eigenvalue weighted by molar-refractivity contribution is 0.0540. The summed E-state index contributed by atoms with van der Waals surface area (Å²) in [6.45, 7) is 0.397. The molecule has 0 aliphatic carbocycles. The fraction of sp³-hybridized carbons (Fsp3) is 0.231. The van der Waals surface area contributed by atoms with Crippen molar-refractivity contribution in [3.63, 3.8) is 0 Å². The number of rotatable bonds is 3. The van der Waals surface area contributed by atoms with E-state index in [0.717, 1.165) is 0 Å². The molecule has 0 fully saturated rings. The minimum Gasteiger partial charge on any atom is -0.317 e. The molecule has 0 saturated heterocycles. The molecule has 3 rings (SSSR count). The molecular formula is C13H12F2N6O. The van der Waals surface area contributed by atoms with Gasteiger partial charge in [-0.05, 0) is 32.0 Å². The first-order valence-corrected chi connectivity index (χ1v) is 6.43. The number of nitrogens with one attached hydrogen (secondary N) is 1. The van der Waals surface area contributed by atoms with E-state index in [1.165, 1.54) is 17.5 Å². The number of halogens is 2. The Morgan fingerprint density at radius 1 is 1.32 bits per heavy atom. The number of carbonyl (C=O) groups excluding carboxylic acids is 1. The van der Waals surface area contributed by atoms with Crippen molar-refractivity contribution in [3.05, 3.63) is 41.6 Å². The first-order chi connectivity index (χ1) is 10.5. The van der Waals surface area contributed by atoms with Gasteiger partial charge in [0.15, 0.2) is 11.3 Å². The number of pyridine rings is 1. The molecular weight excluding hydrogens is 294 g/mol. The summed E-state index contributed by atoms with van der Waals surface area (Å²) in [5.74, 6) is -0.0317. The van der Waals surface area contributed by atoms with Crippen LogP contribution < -0.4 is 5.32 Å². The monoisotopic (exact) mass is 306 g/mol. The lowest BCUT2D eigenvalue weighted by Crippen LogP contribution is -2.14. The van der Waals surface area contributed by atoms with Crippen LogP contribution in [0.5, 0.6) is 0 Å². The second kappa shape index (κ2) is 5.17. The Morgan fingerprint density at radius 2 is 2.09 bits per heavy atom. The summed E-state index contributed by atoms with van der Waals surface area (Å²) in [6.07, 6.45) is 1.70. The molecule has 3 aromatic rings. The van der Waals surface area contributed by atoms with E-state index in [9.17, 15) is 13.6 Å². The average Bonchev–Trinajstić information content (AvgIpc) is 3.01. The van der Waals surface area contributed by atoms with Gasteiger partial charge in [-0.2, -0.15) is 19.0 Å². The molecule has 0 bridgehead atoms. The average molecular weight is 306 g/mol. The number of aryl methyl sites for hydroxylation is 2. The van der Waals surface area contributed by atoms with Crippen LogP contribution in [-0.2, 0) is 0 Å². The Hall–Kier alpha value is -2.84. The van der Waals surface area contributed by atoms with Gasteiger partial charge >= 0.3 is 6.55 Å². The molecule has 0 unspecified atom stereocenters. The van der Waals surface area contributed by atoms with Gasteiger partial charge in [-0.15, -0.1) is 0 Å². The van der Waals surface area contributed by atoms with E-state index >= 15 is 0 Å². The highest BCUT2D eigenvalue weighted by molar-refractivity contribution is 6.04. The Balaban J connectivity index is 1.91. The molecule has 3 aromatic heterocycles. The van der Waals surface area contributed by atoms with Crippen LogP contribution in [0.2, 0.25) is 0 Å². The van der Waals surface area contributed by atoms with Crippen LogP contribution >= 0.6 is 0 Å². The molecule has 9 heteroatoms. The second-order valence-corrected chi connectivity index (χ2v) is 4.70. The smallest absolute Gasteiger partial charge is 0.317 e. The number of aromatic nitrogens is 5. The summed E-state index contributed by atoms with van der Waals surface area (Å²) in [7, 11) is 0. The highest BCUT2D eigenvalue weighted by Crippen LogP contribution is 2.17. The molecule has 1 N–H and O–H groups in total. The van der Waals surface area contributed by atoms with E-state index in [2.05, 4.69) is 20.5 Å². The van der Waals surface area contributed by atoms with E-state index in [4.69, 9.17) is 0 Å². The quantitative estimate of drug-likeness (QED) is 0.804. The van der Waals surface area contributed by atoms with Crippen molar-refractivity contribution < 1.29 is 13.6 Å². The predicted molar refractivity (Wildman–Crippen MR) is 73.9 cm³/mol. The van der Waals surface area contributed by atoms with E-state index in [1.807, 2.05) is 0 Å². The minimum atomic E-state index is -2.79. The van der Waals surface area contributed by atoms with E-state index < -0.39 is 12.5 Å². The highest BCUT2D eigenvalue weighted by Gasteiger charge is 2.18. The first kappa shape index (κ1) is 14.1. The van der Waals surface area contributed by atoms with Gasteiger partial charge in [0.1, 0.15) is 5.82 Å². The van der Waals surface area contributed by atoms with Crippen molar-refractivity contribution in [2.45, 2.75) is 20.4 Å². The largest absolute Gasteiger partial charge is 0.333 e. The summed E-state index contributed by atoms with van der Waals surface area (Å²) < 4.78 is 27.4. The Bertz CT molecular complexity index is 853. The molecule has 0 saturated carbocycles. The van der Waals surface area contributed by atoms with Gasteiger partial charge in [0.25, 0.3) is 5.91 Å². The van der Waals surface area contributed by atoms with Crippen molar-refractivity contribution in [3.8, 4) is 0 Å². The van der Waals surface area contributed by atoms with Crippen molar-refractivity contribution in [2.24, 2.45) is 0 Å². The molecule has 0 spiro atoms. The lowest BCUT2D eigenvalue weighted by atomic mass is 10.3. The Kier molecular flexibility index (Phi) is 3.32. The van der Waals surface area contributed by atoms with Gasteiger partial charge in [0.2, 0.25) is 0 Å². The number of fused-ring (bicyclic) bond motifs is 1. The summed E-state index contributed by atoms with van der Waals surface area (Å²) in [5.41, 5.74) is 1.02. The minimum absolute atomic E-state index is 0.0870. The van der Waals surface area contributed by atoms with E-state index in [1.54, 1.807) is 25.3 Å². The van der Waals surface area contributed by atoms with Crippen LogP contribution in [0.25, 0.3) is 5.65 Å². The number of amides is 1. The molecule has 7 nitrogen and oxygen atoms in total. The second-order valence-electron chi connectivity index (χ2n) is 4.70. The maximum Gasteiger partial charge on any atom is 0.333 e. The first-order valence-electron chi connectivity index (χ1n) is 6.43. The van der Waals surface area contributed by atoms with Gasteiger partial charge < -0.3 is 5.32 Å². The zero-order valence-corrected chi connectivity index (χ0v) is 11.8. The van der Waals surface area contributed by atoms with Gasteiger partial charge in [-0.3, -0.25) is 4.79 Å². The van der Waals surface area contributed by atoms with Gasteiger partial charge in [0, 0.05) is 11.9 Å². The third-order valence-electron chi connectivity index (χ3n) is 3.06. The Labute approximate surface area is 123 Å². The molecule has 3 heterocycles. The molecule has 0 aliphatic rings. The van der Waals surface area contributed by atoms with Crippen molar-refractivity contribution >= 4 is 17.2 Å². The molecule has 1 amide bonds. The molecule has 0 aromatic carbocycles. The van der Waals surface area contributed by atoms with Crippen molar-refractivity contribution in [2.75, 3.05) is 5.32 Å². The maximum absolute atomic E-state index is 12.7. The number of carbonyl (C=O) groups is 1. The SMILES string of the molecule is Cc1nc2c(NC(=O)c3cc(C)n(C(F)F)n3)cccn2n1. The van der Waals surface area contributed by atoms with Gasteiger partial charge in [-0.1, -0.05) is 0 Å². The van der Waals surface area contributed by atoms with Crippen LogP contribution in [0.15, 0.2) is 24.4 Å². The molecule has 0 aliphatic heterocycles. The summed E-state index contributed by atoms with van der Waals surface area (Å²) >= 11 is 0. The molecule has 0 radical (unpaired) electrons. The third-order valence-corrected chi connectivity index (χ3v) is 3.06. The van der Waals surface area contributed by atoms with Crippen molar-refractivity contribution in [1.82, 2.24) is 24.4 Å². The molecule has 22 heavy (non-hydrogen) atoms. The summed E-state index contributed by atoms with van der Waals surface area (Å²) in [4.78, 5) is 16.4. The predicted octanol–water partition coefficient (Wildman–Crippen LogP) is 2.19. The number of nitrogens with zero attached hydrogens (tertiary/aromatic N) is 5. The zero-order chi connectivity index (χ0) is 15.9. The fourth-order valence-electron chi connectivity index (χ4n) is 2.09. The number of anilines is 1. The van der Waals surface area contributed by atoms with Crippen LogP contribution in [0.4, 0.5) is 14.5 Å². The summed E-state index contributed by atoms with van der Waals surface area (Å²) in [6, 6.07) is 4.65. The molecule has 114 valence electrons. The number of alkyl halides is 2. The van der Waals surface area contributed by atoms with Crippen LogP contribution in [-0.4, -0.2) is 30.3 Å². The number of hydrogen-bond donors (Lipinski definition) is 1. The lowest BCUT2D eigenvalue weighted by Gasteiger charge is -2.04. The normalized spacial score (nSPS) is 11.3. The third kappa shape index (κ3) is 2.41. The van der Waals surface area contributed by atoms with Crippen LogP contribution in [0, 0.1) is 13.8 Å². The topological polar surface area (TPSA) is 77.1 Å². The van der Waals surface area contributed by atoms with Gasteiger partial charge in [-0.25, -0.2) is 14.2 Å². The van der Waals surface area contributed by atoms with Crippen LogP contribution in [0.1, 0.15) is 28.6 Å². The van der Waals surface area contributed by atoms with E-state index in [0.29, 0.717) is 21.8 Å².